The molecule has 9 nitrogen and oxygen atoms in total. The van der Waals surface area contributed by atoms with Crippen LogP contribution in [0.15, 0.2) is 54.6 Å². The number of anilines is 1. The number of rotatable bonds is 5. The number of hydrogen-bond acceptors (Lipinski definition) is 6. The Hall–Kier alpha value is -3.75. The van der Waals surface area contributed by atoms with E-state index in [-0.39, 0.29) is 23.1 Å². The van der Waals surface area contributed by atoms with Gasteiger partial charge in [-0.05, 0) is 18.1 Å². The molecule has 28 heavy (non-hydrogen) atoms. The second kappa shape index (κ2) is 7.10. The lowest BCUT2D eigenvalue weighted by Gasteiger charge is -2.16. The molecule has 1 atom stereocenters. The van der Waals surface area contributed by atoms with Crippen LogP contribution in [0, 0.1) is 10.1 Å². The summed E-state index contributed by atoms with van der Waals surface area (Å²) in [6.45, 7) is 1.30. The van der Waals surface area contributed by atoms with Crippen LogP contribution < -0.4 is 4.90 Å². The predicted molar refractivity (Wildman–Crippen MR) is 101 cm³/mol. The van der Waals surface area contributed by atoms with Gasteiger partial charge >= 0.3 is 5.97 Å². The number of nitro benzene ring substituents is 1. The number of carbonyl (C=O) groups is 1. The molecule has 0 radical (unpaired) electrons. The Morgan fingerprint density at radius 3 is 2.64 bits per heavy atom. The van der Waals surface area contributed by atoms with Crippen LogP contribution in [0.5, 0.6) is 0 Å². The Morgan fingerprint density at radius 2 is 1.93 bits per heavy atom. The number of carboxylic acids is 1. The highest BCUT2D eigenvalue weighted by Gasteiger charge is 2.30. The Morgan fingerprint density at radius 1 is 1.14 bits per heavy atom. The number of hydrogen-bond donors (Lipinski definition) is 1. The molecule has 0 spiro atoms. The summed E-state index contributed by atoms with van der Waals surface area (Å²) in [7, 11) is 0. The highest BCUT2D eigenvalue weighted by atomic mass is 16.6. The van der Waals surface area contributed by atoms with Gasteiger partial charge in [-0.15, -0.1) is 15.0 Å². The lowest BCUT2D eigenvalue weighted by molar-refractivity contribution is -0.384. The predicted octanol–water partition coefficient (Wildman–Crippen LogP) is 2.87. The van der Waals surface area contributed by atoms with Crippen LogP contribution in [0.2, 0.25) is 0 Å². The van der Waals surface area contributed by atoms with Crippen molar-refractivity contribution in [3.05, 3.63) is 76.0 Å². The second-order valence-corrected chi connectivity index (χ2v) is 6.59. The van der Waals surface area contributed by atoms with Gasteiger partial charge in [-0.1, -0.05) is 36.4 Å². The standard InChI is InChI=1S/C19H17N5O4/c25-19(26)17-18(22-10-9-14(12-22)13-5-2-1-3-6-13)21-23(20-17)15-7-4-8-16(11-15)24(27)28/h1-8,11,14H,9-10,12H2,(H,25,26)/t14-/m0/s1. The third kappa shape index (κ3) is 3.29. The van der Waals surface area contributed by atoms with Gasteiger partial charge in [-0.25, -0.2) is 4.79 Å². The molecule has 1 aliphatic rings. The molecule has 0 aliphatic carbocycles. The first kappa shape index (κ1) is 17.7. The number of nitro groups is 1. The molecule has 1 N–H and O–H groups in total. The molecule has 1 aliphatic heterocycles. The Bertz CT molecular complexity index is 1030. The molecule has 9 heteroatoms. The summed E-state index contributed by atoms with van der Waals surface area (Å²) in [5.74, 6) is -0.627. The number of nitrogens with zero attached hydrogens (tertiary/aromatic N) is 5. The van der Waals surface area contributed by atoms with Crippen LogP contribution in [-0.4, -0.2) is 44.1 Å². The van der Waals surface area contributed by atoms with E-state index in [2.05, 4.69) is 22.3 Å². The molecule has 1 aromatic heterocycles. The SMILES string of the molecule is O=C(O)c1nn(-c2cccc([N+](=O)[O-])c2)nc1N1CC[C@H](c2ccccc2)C1. The van der Waals surface area contributed by atoms with Crippen LogP contribution in [0.25, 0.3) is 5.69 Å². The van der Waals surface area contributed by atoms with E-state index >= 15 is 0 Å². The molecule has 4 rings (SSSR count). The average Bonchev–Trinajstić information content (AvgIpc) is 3.36. The number of non-ortho nitro benzene ring substituents is 1. The van der Waals surface area contributed by atoms with Gasteiger partial charge in [0.2, 0.25) is 5.69 Å². The molecular weight excluding hydrogens is 362 g/mol. The zero-order chi connectivity index (χ0) is 19.7. The fraction of sp³-hybridized carbons (Fsp3) is 0.211. The zero-order valence-electron chi connectivity index (χ0n) is 14.8. The summed E-state index contributed by atoms with van der Waals surface area (Å²) >= 11 is 0. The first-order valence-electron chi connectivity index (χ1n) is 8.78. The minimum atomic E-state index is -1.19. The van der Waals surface area contributed by atoms with Crippen molar-refractivity contribution >= 4 is 17.5 Å². The van der Waals surface area contributed by atoms with Crippen LogP contribution >= 0.6 is 0 Å². The molecule has 2 aromatic carbocycles. The van der Waals surface area contributed by atoms with Gasteiger partial charge in [0.25, 0.3) is 5.69 Å². The number of carboxylic acid groups (broad SMARTS) is 1. The van der Waals surface area contributed by atoms with Crippen molar-refractivity contribution in [1.82, 2.24) is 15.0 Å². The normalized spacial score (nSPS) is 16.3. The minimum absolute atomic E-state index is 0.112. The number of aromatic carboxylic acids is 1. The zero-order valence-corrected chi connectivity index (χ0v) is 14.8. The van der Waals surface area contributed by atoms with E-state index in [1.807, 2.05) is 23.1 Å². The highest BCUT2D eigenvalue weighted by molar-refractivity contribution is 5.91. The van der Waals surface area contributed by atoms with Crippen molar-refractivity contribution in [1.29, 1.82) is 0 Å². The van der Waals surface area contributed by atoms with E-state index in [9.17, 15) is 20.0 Å². The van der Waals surface area contributed by atoms with E-state index in [0.29, 0.717) is 18.8 Å². The van der Waals surface area contributed by atoms with Crippen molar-refractivity contribution in [2.45, 2.75) is 12.3 Å². The highest BCUT2D eigenvalue weighted by Crippen LogP contribution is 2.31. The molecular formula is C19H17N5O4. The second-order valence-electron chi connectivity index (χ2n) is 6.59. The monoisotopic (exact) mass is 379 g/mol. The van der Waals surface area contributed by atoms with Gasteiger partial charge in [-0.2, -0.15) is 0 Å². The molecule has 0 amide bonds. The molecule has 0 unspecified atom stereocenters. The van der Waals surface area contributed by atoms with Gasteiger partial charge in [0.05, 0.1) is 10.6 Å². The first-order chi connectivity index (χ1) is 13.5. The number of aromatic nitrogens is 3. The average molecular weight is 379 g/mol. The first-order valence-corrected chi connectivity index (χ1v) is 8.78. The summed E-state index contributed by atoms with van der Waals surface area (Å²) in [4.78, 5) is 25.2. The largest absolute Gasteiger partial charge is 0.476 e. The van der Waals surface area contributed by atoms with Gasteiger partial charge in [-0.3, -0.25) is 10.1 Å². The molecule has 1 saturated heterocycles. The van der Waals surface area contributed by atoms with E-state index in [1.54, 1.807) is 6.07 Å². The minimum Gasteiger partial charge on any atom is -0.476 e. The molecule has 142 valence electrons. The Kier molecular flexibility index (Phi) is 4.48. The maximum absolute atomic E-state index is 11.7. The Labute approximate surface area is 160 Å². The van der Waals surface area contributed by atoms with Crippen LogP contribution in [0.3, 0.4) is 0 Å². The van der Waals surface area contributed by atoms with E-state index in [4.69, 9.17) is 0 Å². The van der Waals surface area contributed by atoms with Gasteiger partial charge in [0.1, 0.15) is 0 Å². The third-order valence-corrected chi connectivity index (χ3v) is 4.83. The topological polar surface area (TPSA) is 114 Å². The third-order valence-electron chi connectivity index (χ3n) is 4.83. The van der Waals surface area contributed by atoms with Crippen molar-refractivity contribution in [2.75, 3.05) is 18.0 Å². The maximum atomic E-state index is 11.7. The van der Waals surface area contributed by atoms with E-state index < -0.39 is 10.9 Å². The lowest BCUT2D eigenvalue weighted by atomic mass is 9.99. The van der Waals surface area contributed by atoms with Gasteiger partial charge in [0.15, 0.2) is 5.82 Å². The molecule has 2 heterocycles. The molecule has 1 fully saturated rings. The summed E-state index contributed by atoms with van der Waals surface area (Å²) < 4.78 is 0. The van der Waals surface area contributed by atoms with Crippen molar-refractivity contribution < 1.29 is 14.8 Å². The van der Waals surface area contributed by atoms with Crippen molar-refractivity contribution in [3.63, 3.8) is 0 Å². The smallest absolute Gasteiger partial charge is 0.360 e. The fourth-order valence-electron chi connectivity index (χ4n) is 3.45. The van der Waals surface area contributed by atoms with E-state index in [1.165, 1.54) is 23.8 Å². The summed E-state index contributed by atoms with van der Waals surface area (Å²) in [6, 6.07) is 15.8. The van der Waals surface area contributed by atoms with E-state index in [0.717, 1.165) is 11.2 Å². The summed E-state index contributed by atoms with van der Waals surface area (Å²) in [5.41, 5.74) is 1.26. The van der Waals surface area contributed by atoms with Crippen molar-refractivity contribution in [2.24, 2.45) is 0 Å². The molecule has 3 aromatic rings. The van der Waals surface area contributed by atoms with Gasteiger partial charge < -0.3 is 10.0 Å². The quantitative estimate of drug-likeness (QED) is 0.535. The Balaban J connectivity index is 1.66. The molecule has 0 saturated carbocycles. The molecule has 0 bridgehead atoms. The number of benzene rings is 2. The van der Waals surface area contributed by atoms with Crippen molar-refractivity contribution in [3.8, 4) is 5.69 Å². The maximum Gasteiger partial charge on any atom is 0.360 e. The van der Waals surface area contributed by atoms with Crippen LogP contribution in [-0.2, 0) is 0 Å². The fourth-order valence-corrected chi connectivity index (χ4v) is 3.45. The van der Waals surface area contributed by atoms with Crippen LogP contribution in [0.4, 0.5) is 11.5 Å². The summed E-state index contributed by atoms with van der Waals surface area (Å²) in [5, 5.41) is 29.0. The summed E-state index contributed by atoms with van der Waals surface area (Å²) in [6.07, 6.45) is 0.882. The van der Waals surface area contributed by atoms with Gasteiger partial charge in [0, 0.05) is 31.1 Å². The lowest BCUT2D eigenvalue weighted by Crippen LogP contribution is -2.22. The van der Waals surface area contributed by atoms with Crippen LogP contribution in [0.1, 0.15) is 28.4 Å².